The number of hydrogen-bond donors (Lipinski definition) is 2. The molecule has 1 heterocycles. The van der Waals surface area contributed by atoms with Gasteiger partial charge in [-0.05, 0) is 43.5 Å². The number of nitrogens with one attached hydrogen (secondary N) is 1. The molecule has 0 unspecified atom stereocenters. The quantitative estimate of drug-likeness (QED) is 0.407. The van der Waals surface area contributed by atoms with E-state index in [2.05, 4.69) is 29.1 Å². The van der Waals surface area contributed by atoms with Crippen molar-refractivity contribution >= 4 is 21.6 Å². The van der Waals surface area contributed by atoms with Crippen LogP contribution in [0.15, 0.2) is 47.3 Å². The zero-order chi connectivity index (χ0) is 21.2. The van der Waals surface area contributed by atoms with Crippen molar-refractivity contribution in [1.29, 1.82) is 0 Å². The molecule has 3 rings (SSSR count). The van der Waals surface area contributed by atoms with E-state index in [1.165, 1.54) is 5.56 Å². The van der Waals surface area contributed by atoms with E-state index in [1.807, 2.05) is 24.3 Å². The van der Waals surface area contributed by atoms with Crippen LogP contribution in [0.4, 0.5) is 0 Å². The smallest absolute Gasteiger partial charge is 0.305 e. The third-order valence-corrected chi connectivity index (χ3v) is 5.94. The van der Waals surface area contributed by atoms with E-state index in [0.717, 1.165) is 67.2 Å². The summed E-state index contributed by atoms with van der Waals surface area (Å²) >= 11 is 1.15. The van der Waals surface area contributed by atoms with Crippen LogP contribution in [-0.2, 0) is 22.3 Å². The minimum Gasteiger partial charge on any atom is -0.506 e. The third-order valence-electron chi connectivity index (χ3n) is 4.98. The van der Waals surface area contributed by atoms with Crippen LogP contribution in [0.1, 0.15) is 17.5 Å². The van der Waals surface area contributed by atoms with E-state index in [4.69, 9.17) is 9.47 Å². The van der Waals surface area contributed by atoms with Crippen LogP contribution in [-0.4, -0.2) is 61.6 Å². The topological polar surface area (TPSA) is 74.8 Å². The second-order valence-corrected chi connectivity index (χ2v) is 8.31. The van der Waals surface area contributed by atoms with Gasteiger partial charge in [0, 0.05) is 19.7 Å². The molecule has 0 spiro atoms. The highest BCUT2D eigenvalue weighted by atomic mass is 32.1. The molecule has 7 heteroatoms. The van der Waals surface area contributed by atoms with Crippen LogP contribution < -0.4 is 4.87 Å². The van der Waals surface area contributed by atoms with Crippen LogP contribution in [0.5, 0.6) is 5.75 Å². The molecule has 0 aliphatic heterocycles. The Kier molecular flexibility index (Phi) is 8.89. The number of hydrogen-bond acceptors (Lipinski definition) is 6. The summed E-state index contributed by atoms with van der Waals surface area (Å²) < 4.78 is 12.1. The summed E-state index contributed by atoms with van der Waals surface area (Å²) in [5.41, 5.74) is 2.92. The summed E-state index contributed by atoms with van der Waals surface area (Å²) in [6.45, 7) is 4.51. The van der Waals surface area contributed by atoms with E-state index in [-0.39, 0.29) is 10.6 Å². The van der Waals surface area contributed by atoms with Crippen LogP contribution in [0.25, 0.3) is 10.2 Å². The number of likely N-dealkylation sites (N-methyl/N-ethyl adjacent to an activating group) is 1. The third kappa shape index (κ3) is 6.95. The predicted octanol–water partition coefficient (Wildman–Crippen LogP) is 3.44. The molecular weight excluding hydrogens is 400 g/mol. The standard InChI is InChI=1S/C23H30N2O4S/c1-25(13-10-19-8-9-20(26)21-22(19)30-23(27)24-21)12-5-14-28-16-17-29-15-11-18-6-3-2-4-7-18/h2-4,6-9,26H,5,10-17H2,1H3,(H,24,27). The number of rotatable bonds is 13. The fraction of sp³-hybridized carbons (Fsp3) is 0.435. The fourth-order valence-corrected chi connectivity index (χ4v) is 4.18. The molecule has 162 valence electrons. The van der Waals surface area contributed by atoms with Gasteiger partial charge in [-0.1, -0.05) is 47.7 Å². The lowest BCUT2D eigenvalue weighted by Crippen LogP contribution is -2.23. The molecule has 2 aromatic carbocycles. The summed E-state index contributed by atoms with van der Waals surface area (Å²) in [6.07, 6.45) is 2.72. The number of ether oxygens (including phenoxy) is 2. The number of benzene rings is 2. The molecule has 0 radical (unpaired) electrons. The average molecular weight is 431 g/mol. The first-order valence-corrected chi connectivity index (χ1v) is 11.2. The predicted molar refractivity (Wildman–Crippen MR) is 122 cm³/mol. The van der Waals surface area contributed by atoms with Gasteiger partial charge >= 0.3 is 4.87 Å². The molecule has 1 aromatic heterocycles. The maximum Gasteiger partial charge on any atom is 0.305 e. The van der Waals surface area contributed by atoms with Crippen molar-refractivity contribution in [3.63, 3.8) is 0 Å². The number of aromatic amines is 1. The van der Waals surface area contributed by atoms with Gasteiger partial charge in [-0.3, -0.25) is 4.79 Å². The Bertz CT molecular complexity index is 955. The van der Waals surface area contributed by atoms with Gasteiger partial charge in [0.25, 0.3) is 0 Å². The molecule has 30 heavy (non-hydrogen) atoms. The zero-order valence-electron chi connectivity index (χ0n) is 17.4. The first kappa shape index (κ1) is 22.5. The van der Waals surface area contributed by atoms with Crippen molar-refractivity contribution in [3.05, 3.63) is 63.3 Å². The Morgan fingerprint density at radius 1 is 0.967 bits per heavy atom. The van der Waals surface area contributed by atoms with Gasteiger partial charge in [-0.15, -0.1) is 0 Å². The lowest BCUT2D eigenvalue weighted by Gasteiger charge is -2.16. The van der Waals surface area contributed by atoms with Gasteiger partial charge in [0.1, 0.15) is 11.3 Å². The Balaban J connectivity index is 1.24. The Hall–Kier alpha value is -2.19. The molecular formula is C23H30N2O4S. The molecule has 0 bridgehead atoms. The SMILES string of the molecule is CN(CCCOCCOCCc1ccccc1)CCc1ccc(O)c2[nH]c(=O)sc12. The lowest BCUT2D eigenvalue weighted by molar-refractivity contribution is 0.0459. The minimum atomic E-state index is -0.137. The van der Waals surface area contributed by atoms with Gasteiger partial charge in [0.2, 0.25) is 0 Å². The molecule has 0 amide bonds. The first-order valence-electron chi connectivity index (χ1n) is 10.3. The first-order chi connectivity index (χ1) is 14.6. The number of phenols is 1. The molecule has 6 nitrogen and oxygen atoms in total. The van der Waals surface area contributed by atoms with Crippen LogP contribution in [0, 0.1) is 0 Å². The number of nitrogens with zero attached hydrogens (tertiary/aromatic N) is 1. The highest BCUT2D eigenvalue weighted by molar-refractivity contribution is 7.16. The lowest BCUT2D eigenvalue weighted by atomic mass is 10.1. The van der Waals surface area contributed by atoms with E-state index in [9.17, 15) is 9.90 Å². The number of aromatic hydroxyl groups is 1. The minimum absolute atomic E-state index is 0.127. The second-order valence-electron chi connectivity index (χ2n) is 7.33. The summed E-state index contributed by atoms with van der Waals surface area (Å²) in [7, 11) is 2.09. The molecule has 2 N–H and O–H groups in total. The molecule has 0 atom stereocenters. The van der Waals surface area contributed by atoms with Crippen molar-refractivity contribution in [1.82, 2.24) is 9.88 Å². The van der Waals surface area contributed by atoms with E-state index >= 15 is 0 Å². The van der Waals surface area contributed by atoms with E-state index in [0.29, 0.717) is 18.7 Å². The van der Waals surface area contributed by atoms with Gasteiger partial charge < -0.3 is 24.5 Å². The number of thiazole rings is 1. The Morgan fingerprint density at radius 2 is 1.73 bits per heavy atom. The highest BCUT2D eigenvalue weighted by Crippen LogP contribution is 2.28. The van der Waals surface area contributed by atoms with Gasteiger partial charge in [-0.25, -0.2) is 0 Å². The fourth-order valence-electron chi connectivity index (χ4n) is 3.29. The van der Waals surface area contributed by atoms with Crippen molar-refractivity contribution in [3.8, 4) is 5.75 Å². The highest BCUT2D eigenvalue weighted by Gasteiger charge is 2.10. The summed E-state index contributed by atoms with van der Waals surface area (Å²) in [4.78, 5) is 16.4. The van der Waals surface area contributed by atoms with Crippen LogP contribution >= 0.6 is 11.3 Å². The normalized spacial score (nSPS) is 11.5. The number of phenolic OH excluding ortho intramolecular Hbond substituents is 1. The summed E-state index contributed by atoms with van der Waals surface area (Å²) in [5.74, 6) is 0.127. The maximum atomic E-state index is 11.6. The van der Waals surface area contributed by atoms with Gasteiger partial charge in [-0.2, -0.15) is 0 Å². The molecule has 0 fully saturated rings. The molecule has 0 saturated carbocycles. The van der Waals surface area contributed by atoms with Gasteiger partial charge in [0.15, 0.2) is 0 Å². The van der Waals surface area contributed by atoms with Crippen molar-refractivity contribution in [2.75, 3.05) is 46.6 Å². The number of fused-ring (bicyclic) bond motifs is 1. The monoisotopic (exact) mass is 430 g/mol. The largest absolute Gasteiger partial charge is 0.506 e. The van der Waals surface area contributed by atoms with E-state index < -0.39 is 0 Å². The van der Waals surface area contributed by atoms with Crippen LogP contribution in [0.3, 0.4) is 0 Å². The average Bonchev–Trinajstić information content (AvgIpc) is 3.15. The zero-order valence-corrected chi connectivity index (χ0v) is 18.2. The Labute approximate surface area is 181 Å². The Morgan fingerprint density at radius 3 is 2.53 bits per heavy atom. The number of H-pyrrole nitrogens is 1. The van der Waals surface area contributed by atoms with Crippen molar-refractivity contribution in [2.45, 2.75) is 19.3 Å². The molecule has 0 saturated heterocycles. The molecule has 0 aliphatic rings. The molecule has 3 aromatic rings. The second kappa shape index (κ2) is 11.9. The molecule has 0 aliphatic carbocycles. The summed E-state index contributed by atoms with van der Waals surface area (Å²) in [6, 6.07) is 13.9. The maximum absolute atomic E-state index is 11.6. The van der Waals surface area contributed by atoms with Crippen LogP contribution in [0.2, 0.25) is 0 Å². The summed E-state index contributed by atoms with van der Waals surface area (Å²) in [5, 5.41) is 9.88. The van der Waals surface area contributed by atoms with Gasteiger partial charge in [0.05, 0.1) is 24.5 Å². The number of aromatic nitrogens is 1. The van der Waals surface area contributed by atoms with Crippen molar-refractivity contribution < 1.29 is 14.6 Å². The van der Waals surface area contributed by atoms with Crippen molar-refractivity contribution in [2.24, 2.45) is 0 Å². The van der Waals surface area contributed by atoms with E-state index in [1.54, 1.807) is 6.07 Å².